The van der Waals surface area contributed by atoms with E-state index in [2.05, 4.69) is 21.0 Å². The Morgan fingerprint density at radius 1 is 1.00 bits per heavy atom. The van der Waals surface area contributed by atoms with Crippen molar-refractivity contribution in [3.8, 4) is 0 Å². The van der Waals surface area contributed by atoms with Crippen LogP contribution in [0.2, 0.25) is 0 Å². The summed E-state index contributed by atoms with van der Waals surface area (Å²) < 4.78 is 56.0. The van der Waals surface area contributed by atoms with E-state index in [0.717, 1.165) is 6.61 Å². The third-order valence-electron chi connectivity index (χ3n) is 3.00. The molecule has 124 valence electrons. The highest BCUT2D eigenvalue weighted by molar-refractivity contribution is 6.50. The summed E-state index contributed by atoms with van der Waals surface area (Å²) in [4.78, 5) is 0. The van der Waals surface area contributed by atoms with Gasteiger partial charge in [0.25, 0.3) is 0 Å². The van der Waals surface area contributed by atoms with Crippen LogP contribution in [0, 0.1) is 0 Å². The molecule has 0 aromatic carbocycles. The minimum Gasteiger partial charge on any atom is -0.418 e. The van der Waals surface area contributed by atoms with Gasteiger partial charge in [-0.05, 0) is 13.8 Å². The van der Waals surface area contributed by atoms with Gasteiger partial charge in [-0.2, -0.15) is 0 Å². The van der Waals surface area contributed by atoms with Crippen molar-refractivity contribution in [2.45, 2.75) is 46.4 Å². The summed E-state index contributed by atoms with van der Waals surface area (Å²) >= 11 is 0. The maximum atomic E-state index is 9.75. The predicted octanol–water partition coefficient (Wildman–Crippen LogP) is 3.10. The summed E-state index contributed by atoms with van der Waals surface area (Å²) in [5.41, 5.74) is 0. The molecule has 3 unspecified atom stereocenters. The van der Waals surface area contributed by atoms with Crippen molar-refractivity contribution in [2.24, 2.45) is 0 Å². The van der Waals surface area contributed by atoms with Gasteiger partial charge in [0.05, 0.1) is 20.7 Å². The van der Waals surface area contributed by atoms with Gasteiger partial charge in [0, 0.05) is 21.0 Å². The topological polar surface area (TPSA) is 27.7 Å². The quantitative estimate of drug-likeness (QED) is 0.313. The monoisotopic (exact) mass is 307 g/mol. The first-order chi connectivity index (χ1) is 8.86. The first-order valence-electron chi connectivity index (χ1n) is 6.36. The highest BCUT2D eigenvalue weighted by Gasteiger charge is 2.32. The Hall–Kier alpha value is -0.375. The Morgan fingerprint density at radius 2 is 1.40 bits per heavy atom. The smallest absolute Gasteiger partial charge is 0.418 e. The molecule has 0 aromatic rings. The lowest BCUT2D eigenvalue weighted by molar-refractivity contribution is -0.977. The Morgan fingerprint density at radius 3 is 1.70 bits per heavy atom. The molecule has 0 aromatic heterocycles. The van der Waals surface area contributed by atoms with Crippen LogP contribution < -0.4 is 0 Å². The number of ether oxygens (including phenoxy) is 3. The maximum absolute atomic E-state index is 9.75. The molecule has 0 spiro atoms. The largest absolute Gasteiger partial charge is 0.673 e. The van der Waals surface area contributed by atoms with E-state index in [9.17, 15) is 17.3 Å². The van der Waals surface area contributed by atoms with Gasteiger partial charge in [-0.25, -0.2) is 0 Å². The molecule has 0 heterocycles. The van der Waals surface area contributed by atoms with Crippen LogP contribution in [0.5, 0.6) is 0 Å². The molecule has 0 radical (unpaired) electrons. The third kappa shape index (κ3) is 11.5. The molecule has 0 amide bonds. The van der Waals surface area contributed by atoms with Gasteiger partial charge >= 0.3 is 7.25 Å². The van der Waals surface area contributed by atoms with E-state index in [1.54, 1.807) is 7.11 Å². The third-order valence-corrected chi connectivity index (χ3v) is 3.00. The molecule has 20 heavy (non-hydrogen) atoms. The van der Waals surface area contributed by atoms with Crippen molar-refractivity contribution in [1.29, 1.82) is 0 Å². The lowest BCUT2D eigenvalue weighted by Crippen LogP contribution is -2.56. The molecule has 0 bridgehead atoms. The number of nitrogens with zero attached hydrogens (tertiary/aromatic N) is 1. The second kappa shape index (κ2) is 9.54. The van der Waals surface area contributed by atoms with Gasteiger partial charge in [-0.15, -0.1) is 0 Å². The summed E-state index contributed by atoms with van der Waals surface area (Å²) in [5.74, 6) is 0. The number of hydrogen-bond donors (Lipinski definition) is 0. The zero-order valence-corrected chi connectivity index (χ0v) is 13.2. The van der Waals surface area contributed by atoms with Crippen LogP contribution in [0.25, 0.3) is 0 Å². The Kier molecular flexibility index (Phi) is 10.5. The fraction of sp³-hybridized carbons (Fsp3) is 1.00. The first-order valence-corrected chi connectivity index (χ1v) is 6.36. The summed E-state index contributed by atoms with van der Waals surface area (Å²) in [6.45, 7) is 8.70. The van der Waals surface area contributed by atoms with Gasteiger partial charge in [0.1, 0.15) is 0 Å². The highest BCUT2D eigenvalue weighted by atomic mass is 19.5. The molecule has 3 atom stereocenters. The molecule has 0 aliphatic heterocycles. The molecular weight excluding hydrogens is 281 g/mol. The average Bonchev–Trinajstić information content (AvgIpc) is 2.26. The minimum absolute atomic E-state index is 0.0292. The highest BCUT2D eigenvalue weighted by Crippen LogP contribution is 2.16. The SMILES string of the molecule is CCOC(C)[N+](C)(C)C(C)OC(C)OC.F[B-](F)(F)F. The van der Waals surface area contributed by atoms with E-state index < -0.39 is 7.25 Å². The van der Waals surface area contributed by atoms with Gasteiger partial charge in [-0.3, -0.25) is 4.48 Å². The Labute approximate surface area is 118 Å². The normalized spacial score (nSPS) is 16.9. The fourth-order valence-electron chi connectivity index (χ4n) is 1.22. The van der Waals surface area contributed by atoms with Crippen LogP contribution >= 0.6 is 0 Å². The van der Waals surface area contributed by atoms with Crippen LogP contribution in [0.15, 0.2) is 0 Å². The van der Waals surface area contributed by atoms with Gasteiger partial charge < -0.3 is 31.5 Å². The Balaban J connectivity index is 0. The van der Waals surface area contributed by atoms with Crippen LogP contribution in [-0.2, 0) is 14.2 Å². The van der Waals surface area contributed by atoms with Crippen molar-refractivity contribution < 1.29 is 36.0 Å². The van der Waals surface area contributed by atoms with E-state index in [1.807, 2.05) is 20.8 Å². The maximum Gasteiger partial charge on any atom is 0.673 e. The second-order valence-electron chi connectivity index (χ2n) is 4.72. The zero-order valence-electron chi connectivity index (χ0n) is 13.2. The molecule has 0 saturated heterocycles. The van der Waals surface area contributed by atoms with E-state index in [4.69, 9.17) is 14.2 Å². The van der Waals surface area contributed by atoms with Crippen LogP contribution in [0.4, 0.5) is 17.3 Å². The molecule has 0 rings (SSSR count). The molecule has 4 nitrogen and oxygen atoms in total. The number of rotatable bonds is 7. The average molecular weight is 307 g/mol. The molecule has 0 aliphatic carbocycles. The van der Waals surface area contributed by atoms with Crippen molar-refractivity contribution in [1.82, 2.24) is 0 Å². The number of quaternary nitrogens is 1. The lowest BCUT2D eigenvalue weighted by Gasteiger charge is -2.40. The summed E-state index contributed by atoms with van der Waals surface area (Å²) in [7, 11) is -0.176. The number of halogens is 4. The molecule has 0 fully saturated rings. The lowest BCUT2D eigenvalue weighted by atomic mass is 10.3. The fourth-order valence-corrected chi connectivity index (χ4v) is 1.22. The first kappa shape index (κ1) is 21.9. The number of hydrogen-bond acceptors (Lipinski definition) is 3. The number of methoxy groups -OCH3 is 1. The summed E-state index contributed by atoms with van der Waals surface area (Å²) in [6.07, 6.45) is -0.0539. The van der Waals surface area contributed by atoms with Crippen molar-refractivity contribution in [2.75, 3.05) is 27.8 Å². The van der Waals surface area contributed by atoms with E-state index in [1.165, 1.54) is 0 Å². The summed E-state index contributed by atoms with van der Waals surface area (Å²) in [6, 6.07) is 0. The molecule has 0 N–H and O–H groups in total. The Bertz CT molecular complexity index is 248. The molecule has 0 aliphatic rings. The molecule has 9 heteroatoms. The van der Waals surface area contributed by atoms with E-state index in [0.29, 0.717) is 4.48 Å². The van der Waals surface area contributed by atoms with E-state index in [-0.39, 0.29) is 18.7 Å². The standard InChI is InChI=1S/C11H26NO3.BF4/c1-8-14-9(2)12(5,6)10(3)15-11(4)13-7;2-1(3,4)5/h9-11H,8H2,1-7H3;/q+1;-1. The van der Waals surface area contributed by atoms with Crippen LogP contribution in [0.1, 0.15) is 27.7 Å². The van der Waals surface area contributed by atoms with E-state index >= 15 is 0 Å². The molecule has 0 saturated carbocycles. The van der Waals surface area contributed by atoms with Gasteiger partial charge in [0.2, 0.25) is 0 Å². The van der Waals surface area contributed by atoms with Crippen molar-refractivity contribution in [3.63, 3.8) is 0 Å². The van der Waals surface area contributed by atoms with Crippen LogP contribution in [-0.4, -0.2) is 58.3 Å². The predicted molar refractivity (Wildman–Crippen MR) is 70.4 cm³/mol. The van der Waals surface area contributed by atoms with Crippen molar-refractivity contribution in [3.05, 3.63) is 0 Å². The van der Waals surface area contributed by atoms with Crippen molar-refractivity contribution >= 4 is 7.25 Å². The second-order valence-corrected chi connectivity index (χ2v) is 4.72. The van der Waals surface area contributed by atoms with Gasteiger partial charge in [-0.1, -0.05) is 0 Å². The summed E-state index contributed by atoms with van der Waals surface area (Å²) in [5, 5.41) is 0. The zero-order chi connectivity index (χ0) is 16.6. The molecular formula is C11H26BF4NO3. The van der Waals surface area contributed by atoms with Crippen LogP contribution in [0.3, 0.4) is 0 Å². The van der Waals surface area contributed by atoms with Gasteiger partial charge in [0.15, 0.2) is 18.7 Å². The minimum atomic E-state index is -6.00.